The van der Waals surface area contributed by atoms with E-state index < -0.39 is 10.0 Å². The number of nitrogens with two attached hydrogens (primary N) is 1. The van der Waals surface area contributed by atoms with Crippen LogP contribution >= 0.6 is 0 Å². The highest BCUT2D eigenvalue weighted by molar-refractivity contribution is 7.89. The Morgan fingerprint density at radius 2 is 1.42 bits per heavy atom. The molecule has 0 aromatic heterocycles. The molecule has 2 heterocycles. The van der Waals surface area contributed by atoms with Crippen molar-refractivity contribution in [2.24, 2.45) is 17.0 Å². The van der Waals surface area contributed by atoms with Gasteiger partial charge in [-0.2, -0.15) is 0 Å². The number of carbonyl (C=O) groups is 2. The largest absolute Gasteiger partial charge is 0.490 e. The third kappa shape index (κ3) is 4.68. The van der Waals surface area contributed by atoms with Crippen molar-refractivity contribution < 1.29 is 22.7 Å². The molecule has 2 atom stereocenters. The third-order valence-corrected chi connectivity index (χ3v) is 7.85. The number of amides is 2. The van der Waals surface area contributed by atoms with Gasteiger partial charge in [0.1, 0.15) is 5.75 Å². The standard InChI is InChI=1S/C27H29N3O5S/c1-17(2)35-25-12-20(11-19-5-3-4-6-24(19)25)27(32)30-15-21-13-29(14-22(21)16-30)26(31)18-7-9-23(10-8-18)36(28,33)34/h3-12,17,21-22H,13-16H2,1-2H3,(H2,28,33,34)/t21-,22+. The first-order chi connectivity index (χ1) is 17.1. The molecule has 3 aromatic rings. The number of likely N-dealkylation sites (tertiary alicyclic amines) is 2. The molecule has 2 aliphatic heterocycles. The molecule has 0 aliphatic carbocycles. The third-order valence-electron chi connectivity index (χ3n) is 6.92. The number of primary sulfonamides is 1. The zero-order valence-electron chi connectivity index (χ0n) is 20.3. The lowest BCUT2D eigenvalue weighted by atomic mass is 10.0. The second-order valence-corrected chi connectivity index (χ2v) is 11.4. The lowest BCUT2D eigenvalue weighted by Gasteiger charge is -2.23. The average Bonchev–Trinajstić information content (AvgIpc) is 3.42. The van der Waals surface area contributed by atoms with Crippen LogP contribution in [0.5, 0.6) is 5.75 Å². The van der Waals surface area contributed by atoms with Gasteiger partial charge in [0.25, 0.3) is 11.8 Å². The van der Waals surface area contributed by atoms with Gasteiger partial charge in [-0.05, 0) is 55.6 Å². The van der Waals surface area contributed by atoms with Gasteiger partial charge in [-0.25, -0.2) is 13.6 Å². The van der Waals surface area contributed by atoms with Crippen molar-refractivity contribution in [1.82, 2.24) is 9.80 Å². The van der Waals surface area contributed by atoms with Gasteiger partial charge in [-0.15, -0.1) is 0 Å². The summed E-state index contributed by atoms with van der Waals surface area (Å²) in [5.41, 5.74) is 1.02. The minimum atomic E-state index is -3.81. The molecule has 0 saturated carbocycles. The Balaban J connectivity index is 1.28. The van der Waals surface area contributed by atoms with Crippen molar-refractivity contribution in [2.75, 3.05) is 26.2 Å². The molecule has 2 aliphatic rings. The fourth-order valence-corrected chi connectivity index (χ4v) is 5.74. The van der Waals surface area contributed by atoms with Crippen LogP contribution in [0.2, 0.25) is 0 Å². The summed E-state index contributed by atoms with van der Waals surface area (Å²) in [5, 5.41) is 7.08. The smallest absolute Gasteiger partial charge is 0.254 e. The Morgan fingerprint density at radius 1 is 0.861 bits per heavy atom. The molecule has 0 unspecified atom stereocenters. The summed E-state index contributed by atoms with van der Waals surface area (Å²) in [5.74, 6) is 0.936. The second kappa shape index (κ2) is 9.22. The van der Waals surface area contributed by atoms with Crippen molar-refractivity contribution in [3.05, 3.63) is 71.8 Å². The van der Waals surface area contributed by atoms with E-state index in [0.717, 1.165) is 10.8 Å². The summed E-state index contributed by atoms with van der Waals surface area (Å²) < 4.78 is 28.9. The lowest BCUT2D eigenvalue weighted by Crippen LogP contribution is -2.35. The van der Waals surface area contributed by atoms with E-state index in [4.69, 9.17) is 9.88 Å². The number of hydrogen-bond donors (Lipinski definition) is 1. The van der Waals surface area contributed by atoms with E-state index in [0.29, 0.717) is 43.1 Å². The van der Waals surface area contributed by atoms with Crippen molar-refractivity contribution in [2.45, 2.75) is 24.8 Å². The number of fused-ring (bicyclic) bond motifs is 2. The predicted molar refractivity (Wildman–Crippen MR) is 136 cm³/mol. The Morgan fingerprint density at radius 3 is 1.97 bits per heavy atom. The van der Waals surface area contributed by atoms with Crippen LogP contribution in [-0.2, 0) is 10.0 Å². The van der Waals surface area contributed by atoms with Crippen LogP contribution in [0.3, 0.4) is 0 Å². The van der Waals surface area contributed by atoms with Gasteiger partial charge in [0.2, 0.25) is 10.0 Å². The Hall–Kier alpha value is -3.43. The molecule has 5 rings (SSSR count). The molecule has 3 aromatic carbocycles. The molecule has 0 radical (unpaired) electrons. The van der Waals surface area contributed by atoms with Gasteiger partial charge >= 0.3 is 0 Å². The summed E-state index contributed by atoms with van der Waals surface area (Å²) in [6.07, 6.45) is -0.00988. The van der Waals surface area contributed by atoms with Gasteiger partial charge in [-0.1, -0.05) is 24.3 Å². The zero-order valence-corrected chi connectivity index (χ0v) is 21.1. The molecule has 188 valence electrons. The van der Waals surface area contributed by atoms with Crippen LogP contribution in [0.15, 0.2) is 65.6 Å². The molecule has 2 fully saturated rings. The normalized spacial score (nSPS) is 19.7. The summed E-state index contributed by atoms with van der Waals surface area (Å²) in [7, 11) is -3.81. The summed E-state index contributed by atoms with van der Waals surface area (Å²) in [4.78, 5) is 30.1. The van der Waals surface area contributed by atoms with Gasteiger partial charge in [0.05, 0.1) is 11.0 Å². The fraction of sp³-hybridized carbons (Fsp3) is 0.333. The van der Waals surface area contributed by atoms with Crippen LogP contribution < -0.4 is 9.88 Å². The number of benzene rings is 3. The highest BCUT2D eigenvalue weighted by Crippen LogP contribution is 2.34. The Labute approximate surface area is 210 Å². The first-order valence-electron chi connectivity index (χ1n) is 12.0. The molecule has 2 N–H and O–H groups in total. The molecule has 2 amide bonds. The summed E-state index contributed by atoms with van der Waals surface area (Å²) in [6, 6.07) is 17.3. The zero-order chi connectivity index (χ0) is 25.6. The molecule has 2 saturated heterocycles. The molecular formula is C27H29N3O5S. The molecule has 8 nitrogen and oxygen atoms in total. The van der Waals surface area contributed by atoms with Gasteiger partial charge < -0.3 is 14.5 Å². The first-order valence-corrected chi connectivity index (χ1v) is 13.6. The minimum Gasteiger partial charge on any atom is -0.490 e. The van der Waals surface area contributed by atoms with E-state index in [2.05, 4.69) is 0 Å². The Kier molecular flexibility index (Phi) is 6.22. The van der Waals surface area contributed by atoms with Crippen molar-refractivity contribution in [1.29, 1.82) is 0 Å². The van der Waals surface area contributed by atoms with E-state index in [1.54, 1.807) is 4.90 Å². The maximum Gasteiger partial charge on any atom is 0.254 e. The number of ether oxygens (including phenoxy) is 1. The van der Waals surface area contributed by atoms with E-state index in [1.807, 2.05) is 55.1 Å². The SMILES string of the molecule is CC(C)Oc1cc(C(=O)N2C[C@H]3CN(C(=O)c4ccc(S(N)(=O)=O)cc4)C[C@H]3C2)cc2ccccc12. The highest BCUT2D eigenvalue weighted by Gasteiger charge is 2.43. The quantitative estimate of drug-likeness (QED) is 0.571. The Bertz CT molecular complexity index is 1420. The van der Waals surface area contributed by atoms with Gasteiger partial charge in [-0.3, -0.25) is 9.59 Å². The molecular weight excluding hydrogens is 478 g/mol. The van der Waals surface area contributed by atoms with E-state index in [-0.39, 0.29) is 34.6 Å². The minimum absolute atomic E-state index is 0.00988. The lowest BCUT2D eigenvalue weighted by molar-refractivity contribution is 0.0738. The predicted octanol–water partition coefficient (Wildman–Crippen LogP) is 3.12. The molecule has 0 spiro atoms. The van der Waals surface area contributed by atoms with Crippen molar-refractivity contribution in [3.63, 3.8) is 0 Å². The fourth-order valence-electron chi connectivity index (χ4n) is 5.23. The number of hydrogen-bond acceptors (Lipinski definition) is 5. The summed E-state index contributed by atoms with van der Waals surface area (Å²) >= 11 is 0. The first kappa shape index (κ1) is 24.3. The average molecular weight is 508 g/mol. The monoisotopic (exact) mass is 507 g/mol. The number of nitrogens with zero attached hydrogens (tertiary/aromatic N) is 2. The number of carbonyl (C=O) groups excluding carboxylic acids is 2. The van der Waals surface area contributed by atoms with Gasteiger partial charge in [0, 0.05) is 54.5 Å². The van der Waals surface area contributed by atoms with Crippen LogP contribution in [0.1, 0.15) is 34.6 Å². The van der Waals surface area contributed by atoms with Crippen molar-refractivity contribution >= 4 is 32.6 Å². The van der Waals surface area contributed by atoms with Crippen LogP contribution in [0.25, 0.3) is 10.8 Å². The highest BCUT2D eigenvalue weighted by atomic mass is 32.2. The van der Waals surface area contributed by atoms with E-state index in [1.165, 1.54) is 24.3 Å². The van der Waals surface area contributed by atoms with E-state index in [9.17, 15) is 18.0 Å². The topological polar surface area (TPSA) is 110 Å². The van der Waals surface area contributed by atoms with Crippen molar-refractivity contribution in [3.8, 4) is 5.75 Å². The number of rotatable bonds is 5. The van der Waals surface area contributed by atoms with Crippen LogP contribution in [0, 0.1) is 11.8 Å². The molecule has 36 heavy (non-hydrogen) atoms. The number of sulfonamides is 1. The second-order valence-electron chi connectivity index (χ2n) is 9.87. The van der Waals surface area contributed by atoms with Crippen LogP contribution in [-0.4, -0.2) is 62.3 Å². The van der Waals surface area contributed by atoms with Gasteiger partial charge in [0.15, 0.2) is 0 Å². The molecule has 9 heteroatoms. The summed E-state index contributed by atoms with van der Waals surface area (Å²) in [6.45, 7) is 6.22. The van der Waals surface area contributed by atoms with E-state index >= 15 is 0 Å². The maximum atomic E-state index is 13.4. The maximum absolute atomic E-state index is 13.4. The van der Waals surface area contributed by atoms with Crippen LogP contribution in [0.4, 0.5) is 0 Å². The molecule has 0 bridgehead atoms.